The molecular weight excluding hydrogens is 1190 g/mol. The Morgan fingerprint density at radius 2 is 1.21 bits per heavy atom. The molecule has 2 aromatic heterocycles. The summed E-state index contributed by atoms with van der Waals surface area (Å²) in [5, 5.41) is 27.2. The molecule has 32 nitrogen and oxygen atoms in total. The van der Waals surface area contributed by atoms with Crippen LogP contribution in [0.5, 0.6) is 0 Å². The fraction of sp³-hybridized carbons (Fsp3) is 0.116. The van der Waals surface area contributed by atoms with E-state index in [9.17, 15) is 52.7 Å². The Hall–Kier alpha value is -9.67. The van der Waals surface area contributed by atoms with Crippen LogP contribution >= 0.6 is 0 Å². The molecule has 7 aromatic rings. The molecule has 430 valence electrons. The molecule has 0 bridgehead atoms. The number of hydrogen-bond acceptors (Lipinski definition) is 26. The minimum atomic E-state index is -4.97. The Morgan fingerprint density at radius 1 is 0.659 bits per heavy atom. The first-order valence-corrected chi connectivity index (χ1v) is 28.4. The van der Waals surface area contributed by atoms with Crippen LogP contribution in [0.15, 0.2) is 138 Å². The van der Waals surface area contributed by atoms with E-state index in [2.05, 4.69) is 78.2 Å². The third kappa shape index (κ3) is 19.3. The lowest BCUT2D eigenvalue weighted by Gasteiger charge is -2.13. The Labute approximate surface area is 464 Å². The molecule has 0 saturated carbocycles. The number of sulfone groups is 1. The minimum absolute atomic E-state index is 0.00509. The Balaban J connectivity index is 0.00000144. The summed E-state index contributed by atoms with van der Waals surface area (Å²) in [6, 6.07) is 17.6. The van der Waals surface area contributed by atoms with Gasteiger partial charge in [-0.2, -0.15) is 55.7 Å². The van der Waals surface area contributed by atoms with E-state index in [0.29, 0.717) is 5.56 Å². The largest absolute Gasteiger partial charge is 0.425 e. The van der Waals surface area contributed by atoms with E-state index in [-0.39, 0.29) is 98.6 Å². The number of anilines is 5. The second kappa shape index (κ2) is 27.5. The summed E-state index contributed by atoms with van der Waals surface area (Å²) in [6.45, 7) is 5.13. The summed E-state index contributed by atoms with van der Waals surface area (Å²) in [7, 11) is -19.6. The van der Waals surface area contributed by atoms with Gasteiger partial charge in [0.25, 0.3) is 20.2 Å². The van der Waals surface area contributed by atoms with Gasteiger partial charge < -0.3 is 32.7 Å². The monoisotopic (exact) mass is 1230 g/mol. The van der Waals surface area contributed by atoms with Crippen molar-refractivity contribution in [2.75, 3.05) is 27.8 Å². The molecule has 1 atom stereocenters. The third-order valence-corrected chi connectivity index (χ3v) is 13.2. The molecule has 10 N–H and O–H groups in total. The zero-order valence-corrected chi connectivity index (χ0v) is 45.3. The molecule has 4 amide bonds. The Morgan fingerprint density at radius 3 is 1.80 bits per heavy atom. The number of hydrogen-bond donors (Lipinski definition) is 8. The molecule has 1 unspecified atom stereocenters. The number of rotatable bonds is 19. The third-order valence-electron chi connectivity index (χ3n) is 10.0. The van der Waals surface area contributed by atoms with Crippen molar-refractivity contribution in [3.8, 4) is 0 Å². The van der Waals surface area contributed by atoms with Crippen LogP contribution < -0.4 is 32.7 Å². The molecular formula is C43H38F2N16O16S5. The fourth-order valence-corrected chi connectivity index (χ4v) is 8.85. The first kappa shape index (κ1) is 63.2. The van der Waals surface area contributed by atoms with Crippen molar-refractivity contribution >= 4 is 126 Å². The molecule has 82 heavy (non-hydrogen) atoms. The second-order valence-corrected chi connectivity index (χ2v) is 21.5. The highest BCUT2D eigenvalue weighted by Gasteiger charge is 2.22. The van der Waals surface area contributed by atoms with E-state index < -0.39 is 91.0 Å². The number of azo groups is 2. The molecule has 0 radical (unpaired) electrons. The van der Waals surface area contributed by atoms with Crippen molar-refractivity contribution in [2.45, 2.75) is 34.5 Å². The number of amides is 4. The van der Waals surface area contributed by atoms with Gasteiger partial charge in [-0.1, -0.05) is 31.7 Å². The topological polar surface area (TPSA) is 506 Å². The molecule has 7 rings (SSSR count). The van der Waals surface area contributed by atoms with Gasteiger partial charge in [0.15, 0.2) is 9.84 Å². The molecule has 0 aliphatic carbocycles. The van der Waals surface area contributed by atoms with Crippen molar-refractivity contribution in [1.29, 1.82) is 0 Å². The number of carbonyl (C=O) groups excluding carboxylic acids is 2. The average molecular weight is 1230 g/mol. The van der Waals surface area contributed by atoms with Crippen LogP contribution in [0.2, 0.25) is 0 Å². The molecule has 2 heterocycles. The van der Waals surface area contributed by atoms with Gasteiger partial charge in [0.1, 0.15) is 38.5 Å². The number of primary amides is 2. The van der Waals surface area contributed by atoms with Crippen molar-refractivity contribution in [2.24, 2.45) is 37.8 Å². The number of nitrogens with two attached hydrogens (primary N) is 2. The maximum atomic E-state index is 14.8. The Bertz CT molecular complexity index is 4250. The predicted molar refractivity (Wildman–Crippen MR) is 281 cm³/mol. The first-order valence-electron chi connectivity index (χ1n) is 22.0. The van der Waals surface area contributed by atoms with Crippen molar-refractivity contribution < 1.29 is 78.0 Å². The van der Waals surface area contributed by atoms with Crippen LogP contribution in [0, 0.1) is 18.1 Å². The molecule has 0 aliphatic heterocycles. The smallest absolute Gasteiger partial charge is 0.354 e. The highest BCUT2D eigenvalue weighted by Crippen LogP contribution is 2.36. The molecule has 0 spiro atoms. The van der Waals surface area contributed by atoms with Gasteiger partial charge in [-0.25, -0.2) is 23.0 Å². The van der Waals surface area contributed by atoms with Crippen LogP contribution in [0.25, 0.3) is 10.8 Å². The standard InChI is InChI=1S/C43H38F2N16O10S3.2O3S/c1-3-72(64,65)27-11-8-25(9-12-27)58-59-30-14-10-26(19-32(30)51-41(47)63)49-43-56-39(45)55-42(57-43)48-21-22(2)15-36-52-37(54-38(44)53-36)17-23-7-13-29(31(16-23)50-40(46)62)60-61-33-20-28-24(18-35(33)74(69,70)71)5-4-6-34(28)73(66,67)68;2*1-4(2)3/h3-14,16,18-20,22H,1,15,17,21H2,2H3,(H3,46,50,62)(H3,47,51,63)(H,66,67,68)(H,69,70,71)(H2,48,49,55,56,57);;. The molecule has 39 heteroatoms. The summed E-state index contributed by atoms with van der Waals surface area (Å²) in [6.07, 6.45) is -2.33. The van der Waals surface area contributed by atoms with Gasteiger partial charge in [-0.3, -0.25) is 9.11 Å². The summed E-state index contributed by atoms with van der Waals surface area (Å²) < 4.78 is 173. The summed E-state index contributed by atoms with van der Waals surface area (Å²) in [5.41, 5.74) is 11.2. The van der Waals surface area contributed by atoms with Crippen LogP contribution in [0.1, 0.15) is 24.1 Å². The van der Waals surface area contributed by atoms with Crippen LogP contribution in [0.4, 0.5) is 70.1 Å². The van der Waals surface area contributed by atoms with E-state index in [0.717, 1.165) is 23.6 Å². The van der Waals surface area contributed by atoms with E-state index in [4.69, 9.17) is 36.7 Å². The lowest BCUT2D eigenvalue weighted by Crippen LogP contribution is -2.19. The summed E-state index contributed by atoms with van der Waals surface area (Å²) in [4.78, 5) is 46.0. The van der Waals surface area contributed by atoms with Crippen molar-refractivity contribution in [3.63, 3.8) is 0 Å². The predicted octanol–water partition coefficient (Wildman–Crippen LogP) is 5.33. The second-order valence-electron chi connectivity index (χ2n) is 16.0. The minimum Gasteiger partial charge on any atom is -0.354 e. The van der Waals surface area contributed by atoms with Crippen LogP contribution in [-0.2, 0) is 64.1 Å². The van der Waals surface area contributed by atoms with Gasteiger partial charge in [-0.15, -0.1) is 40.6 Å². The quantitative estimate of drug-likeness (QED) is 0.0375. The van der Waals surface area contributed by atoms with E-state index in [1.165, 1.54) is 72.8 Å². The summed E-state index contributed by atoms with van der Waals surface area (Å²) >= 11 is 0. The van der Waals surface area contributed by atoms with Gasteiger partial charge in [0.2, 0.25) is 11.9 Å². The highest BCUT2D eigenvalue weighted by molar-refractivity contribution is 7.94. The molecule has 0 aliphatic rings. The number of urea groups is 2. The van der Waals surface area contributed by atoms with Crippen molar-refractivity contribution in [3.05, 3.63) is 132 Å². The SMILES string of the molecule is C=CS(=O)(=O)c1ccc(N=Nc2ccc(Nc3nc(F)nc(NCC(C)Cc4nc(F)nc(Cc5ccc(N=Nc6cc7c(S(=O)(=O)O)cccc7cc6S(=O)(=O)O)c(NC(N)=O)c5)n4)n3)cc2NC(N)=O)cc1.O=S(=O)=O.O=S(=O)=O. The van der Waals surface area contributed by atoms with E-state index >= 15 is 0 Å². The molecule has 5 aromatic carbocycles. The number of aromatic nitrogens is 6. The van der Waals surface area contributed by atoms with Crippen LogP contribution in [-0.4, -0.2) is 108 Å². The van der Waals surface area contributed by atoms with Gasteiger partial charge in [0.05, 0.1) is 22.0 Å². The number of carbonyl (C=O) groups is 2. The number of nitrogens with one attached hydrogen (secondary N) is 4. The van der Waals surface area contributed by atoms with E-state index in [1.54, 1.807) is 6.92 Å². The van der Waals surface area contributed by atoms with E-state index in [1.807, 2.05) is 0 Å². The number of nitrogens with zero attached hydrogens (tertiary/aromatic N) is 10. The normalized spacial score (nSPS) is 11.8. The zero-order chi connectivity index (χ0) is 60.7. The average Bonchev–Trinajstić information content (AvgIpc) is 3.56. The van der Waals surface area contributed by atoms with Crippen LogP contribution in [0.3, 0.4) is 0 Å². The zero-order valence-electron chi connectivity index (χ0n) is 41.2. The molecule has 0 saturated heterocycles. The van der Waals surface area contributed by atoms with Gasteiger partial charge >= 0.3 is 45.4 Å². The molecule has 0 fully saturated rings. The lowest BCUT2D eigenvalue weighted by molar-refractivity contribution is 0.258. The first-order chi connectivity index (χ1) is 38.4. The van der Waals surface area contributed by atoms with Gasteiger partial charge in [-0.05, 0) is 89.7 Å². The highest BCUT2D eigenvalue weighted by atomic mass is 32.2. The fourth-order valence-electron chi connectivity index (χ4n) is 6.79. The summed E-state index contributed by atoms with van der Waals surface area (Å²) in [5.74, 6) is -0.793. The number of benzene rings is 5. The lowest BCUT2D eigenvalue weighted by atomic mass is 10.1. The van der Waals surface area contributed by atoms with Crippen molar-refractivity contribution in [1.82, 2.24) is 29.9 Å². The number of fused-ring (bicyclic) bond motifs is 1. The number of halogens is 2. The van der Waals surface area contributed by atoms with Gasteiger partial charge in [0, 0.05) is 35.9 Å². The maximum Gasteiger partial charge on any atom is 0.425 e. The maximum absolute atomic E-state index is 14.8. The Kier molecular flexibility index (Phi) is 21.2.